The van der Waals surface area contributed by atoms with Gasteiger partial charge in [0.1, 0.15) is 29.0 Å². The Balaban J connectivity index is 1.61. The topological polar surface area (TPSA) is 80.8 Å². The number of hydrogen-bond acceptors (Lipinski definition) is 5. The van der Waals surface area contributed by atoms with E-state index in [0.29, 0.717) is 19.4 Å². The second-order valence-corrected chi connectivity index (χ2v) is 7.88. The lowest BCUT2D eigenvalue weighted by molar-refractivity contribution is -0.120. The Morgan fingerprint density at radius 2 is 1.87 bits per heavy atom. The van der Waals surface area contributed by atoms with Gasteiger partial charge in [-0.05, 0) is 57.9 Å². The molecule has 30 heavy (non-hydrogen) atoms. The van der Waals surface area contributed by atoms with Crippen molar-refractivity contribution in [1.82, 2.24) is 9.88 Å². The average molecular weight is 419 g/mol. The molecule has 3 rings (SSSR count). The zero-order valence-electron chi connectivity index (χ0n) is 16.9. The number of carbonyl (C=O) groups is 2. The maximum absolute atomic E-state index is 13.3. The van der Waals surface area contributed by atoms with Crippen LogP contribution in [0.1, 0.15) is 33.6 Å². The third kappa shape index (κ3) is 5.43. The Kier molecular flexibility index (Phi) is 6.19. The van der Waals surface area contributed by atoms with Gasteiger partial charge in [-0.2, -0.15) is 0 Å². The van der Waals surface area contributed by atoms with Crippen LogP contribution in [0, 0.1) is 11.6 Å². The van der Waals surface area contributed by atoms with Crippen LogP contribution in [0.2, 0.25) is 0 Å². The van der Waals surface area contributed by atoms with Crippen molar-refractivity contribution in [2.45, 2.75) is 45.3 Å². The van der Waals surface area contributed by atoms with E-state index in [-0.39, 0.29) is 23.2 Å². The molecule has 9 heteroatoms. The Labute approximate surface area is 173 Å². The second-order valence-electron chi connectivity index (χ2n) is 7.88. The molecule has 0 unspecified atom stereocenters. The maximum Gasteiger partial charge on any atom is 0.410 e. The van der Waals surface area contributed by atoms with E-state index >= 15 is 0 Å². The maximum atomic E-state index is 13.3. The molecule has 2 amide bonds. The first-order valence-corrected chi connectivity index (χ1v) is 9.52. The highest BCUT2D eigenvalue weighted by atomic mass is 19.2. The molecule has 0 bridgehead atoms. The summed E-state index contributed by atoms with van der Waals surface area (Å²) in [5, 5.41) is 2.67. The molecule has 1 atom stereocenters. The molecule has 1 aliphatic heterocycles. The molecule has 0 spiro atoms. The van der Waals surface area contributed by atoms with Gasteiger partial charge in [0.2, 0.25) is 5.91 Å². The van der Waals surface area contributed by atoms with Gasteiger partial charge in [-0.25, -0.2) is 18.6 Å². The van der Waals surface area contributed by atoms with Gasteiger partial charge in [-0.3, -0.25) is 9.69 Å². The summed E-state index contributed by atoms with van der Waals surface area (Å²) in [5.74, 6) is -1.67. The third-order valence-corrected chi connectivity index (χ3v) is 4.30. The van der Waals surface area contributed by atoms with E-state index in [9.17, 15) is 18.4 Å². The van der Waals surface area contributed by atoms with Crippen molar-refractivity contribution >= 4 is 17.8 Å². The fourth-order valence-corrected chi connectivity index (χ4v) is 2.98. The second kappa shape index (κ2) is 8.64. The number of benzene rings is 1. The number of amides is 2. The van der Waals surface area contributed by atoms with E-state index in [1.807, 2.05) is 0 Å². The van der Waals surface area contributed by atoms with E-state index in [1.165, 1.54) is 29.3 Å². The van der Waals surface area contributed by atoms with Crippen molar-refractivity contribution in [3.8, 4) is 11.5 Å². The number of aromatic nitrogens is 1. The first kappa shape index (κ1) is 21.5. The predicted molar refractivity (Wildman–Crippen MR) is 105 cm³/mol. The number of halogens is 2. The van der Waals surface area contributed by atoms with Crippen molar-refractivity contribution in [1.29, 1.82) is 0 Å². The molecule has 1 N–H and O–H groups in total. The Morgan fingerprint density at radius 1 is 1.13 bits per heavy atom. The number of nitrogens with one attached hydrogen (secondary N) is 1. The molecule has 1 saturated heterocycles. The minimum absolute atomic E-state index is 0.117. The zero-order chi connectivity index (χ0) is 21.9. The van der Waals surface area contributed by atoms with Gasteiger partial charge in [0, 0.05) is 12.6 Å². The number of hydrogen-bond donors (Lipinski definition) is 1. The quantitative estimate of drug-likeness (QED) is 0.790. The van der Waals surface area contributed by atoms with Crippen LogP contribution in [-0.2, 0) is 9.53 Å². The summed E-state index contributed by atoms with van der Waals surface area (Å²) >= 11 is 0. The van der Waals surface area contributed by atoms with Gasteiger partial charge in [0.15, 0.2) is 11.6 Å². The van der Waals surface area contributed by atoms with E-state index in [0.717, 1.165) is 12.1 Å². The summed E-state index contributed by atoms with van der Waals surface area (Å²) in [7, 11) is 0. The van der Waals surface area contributed by atoms with Crippen LogP contribution in [0.4, 0.5) is 19.4 Å². The molecular weight excluding hydrogens is 396 g/mol. The summed E-state index contributed by atoms with van der Waals surface area (Å²) in [4.78, 5) is 30.5. The van der Waals surface area contributed by atoms with Crippen molar-refractivity contribution < 1.29 is 27.8 Å². The number of nitrogens with zero attached hydrogens (tertiary/aromatic N) is 2. The molecule has 160 valence electrons. The molecule has 0 saturated carbocycles. The van der Waals surface area contributed by atoms with E-state index in [2.05, 4.69) is 10.3 Å². The number of rotatable bonds is 4. The lowest BCUT2D eigenvalue weighted by Gasteiger charge is -2.27. The van der Waals surface area contributed by atoms with Crippen LogP contribution in [0.3, 0.4) is 0 Å². The first-order valence-electron chi connectivity index (χ1n) is 9.52. The van der Waals surface area contributed by atoms with Gasteiger partial charge in [0.05, 0.1) is 6.20 Å². The Bertz CT molecular complexity index is 929. The Morgan fingerprint density at radius 3 is 2.50 bits per heavy atom. The third-order valence-electron chi connectivity index (χ3n) is 4.30. The average Bonchev–Trinajstić information content (AvgIpc) is 3.15. The largest absolute Gasteiger partial charge is 0.456 e. The normalized spacial score (nSPS) is 16.3. The first-order chi connectivity index (χ1) is 14.1. The van der Waals surface area contributed by atoms with Gasteiger partial charge in [-0.1, -0.05) is 0 Å². The fraction of sp³-hybridized carbons (Fsp3) is 0.381. The van der Waals surface area contributed by atoms with Crippen molar-refractivity contribution in [2.75, 3.05) is 11.9 Å². The lowest BCUT2D eigenvalue weighted by atomic mass is 10.2. The molecule has 1 aliphatic rings. The lowest BCUT2D eigenvalue weighted by Crippen LogP contribution is -2.45. The molecule has 1 aromatic heterocycles. The van der Waals surface area contributed by atoms with Crippen LogP contribution in [-0.4, -0.2) is 40.1 Å². The molecule has 0 radical (unpaired) electrons. The number of pyridine rings is 1. The highest BCUT2D eigenvalue weighted by Crippen LogP contribution is 2.25. The Hall–Kier alpha value is -3.23. The van der Waals surface area contributed by atoms with Gasteiger partial charge < -0.3 is 14.8 Å². The van der Waals surface area contributed by atoms with E-state index < -0.39 is 29.4 Å². The highest BCUT2D eigenvalue weighted by Gasteiger charge is 2.36. The van der Waals surface area contributed by atoms with Crippen LogP contribution in [0.25, 0.3) is 0 Å². The highest BCUT2D eigenvalue weighted by molar-refractivity contribution is 5.96. The van der Waals surface area contributed by atoms with Gasteiger partial charge in [-0.15, -0.1) is 0 Å². The van der Waals surface area contributed by atoms with Crippen molar-refractivity contribution in [3.63, 3.8) is 0 Å². The monoisotopic (exact) mass is 419 g/mol. The predicted octanol–water partition coefficient (Wildman–Crippen LogP) is 4.49. The molecule has 1 fully saturated rings. The summed E-state index contributed by atoms with van der Waals surface area (Å²) in [6, 6.07) is 5.59. The van der Waals surface area contributed by atoms with Crippen LogP contribution >= 0.6 is 0 Å². The SMILES string of the molecule is CC(C)(C)OC(=O)N1CCC[C@@H]1C(=O)Nc1ccc(Oc2ccc(F)c(F)c2)cn1. The summed E-state index contributed by atoms with van der Waals surface area (Å²) in [6.07, 6.45) is 2.05. The van der Waals surface area contributed by atoms with Gasteiger partial charge in [0.25, 0.3) is 0 Å². The summed E-state index contributed by atoms with van der Waals surface area (Å²) in [6.45, 7) is 5.75. The van der Waals surface area contributed by atoms with Crippen molar-refractivity contribution in [3.05, 3.63) is 48.2 Å². The van der Waals surface area contributed by atoms with Gasteiger partial charge >= 0.3 is 6.09 Å². The minimum Gasteiger partial charge on any atom is -0.456 e. The molecule has 2 heterocycles. The van der Waals surface area contributed by atoms with E-state index in [1.54, 1.807) is 20.8 Å². The molecule has 0 aliphatic carbocycles. The number of anilines is 1. The molecule has 1 aromatic carbocycles. The van der Waals surface area contributed by atoms with Crippen LogP contribution < -0.4 is 10.1 Å². The fourth-order valence-electron chi connectivity index (χ4n) is 2.98. The smallest absolute Gasteiger partial charge is 0.410 e. The van der Waals surface area contributed by atoms with Crippen LogP contribution in [0.15, 0.2) is 36.5 Å². The number of likely N-dealkylation sites (tertiary alicyclic amines) is 1. The zero-order valence-corrected chi connectivity index (χ0v) is 16.9. The van der Waals surface area contributed by atoms with Crippen LogP contribution in [0.5, 0.6) is 11.5 Å². The molecular formula is C21H23F2N3O4. The summed E-state index contributed by atoms with van der Waals surface area (Å²) < 4.78 is 37.0. The number of carbonyl (C=O) groups excluding carboxylic acids is 2. The van der Waals surface area contributed by atoms with E-state index in [4.69, 9.17) is 9.47 Å². The molecule has 7 nitrogen and oxygen atoms in total. The minimum atomic E-state index is -1.02. The summed E-state index contributed by atoms with van der Waals surface area (Å²) in [5.41, 5.74) is -0.647. The molecule has 2 aromatic rings. The van der Waals surface area contributed by atoms with Crippen molar-refractivity contribution in [2.24, 2.45) is 0 Å². The standard InChI is InChI=1S/C21H23F2N3O4/c1-21(2,3)30-20(28)26-10-4-5-17(26)19(27)25-18-9-7-14(12-24-18)29-13-6-8-15(22)16(23)11-13/h6-9,11-12,17H,4-5,10H2,1-3H3,(H,24,25,27)/t17-/m1/s1. The number of ether oxygens (including phenoxy) is 2.